The Kier molecular flexibility index (Phi) is 4.11. The number of ether oxygens (including phenoxy) is 1. The monoisotopic (exact) mass is 278 g/mol. The molecule has 0 amide bonds. The summed E-state index contributed by atoms with van der Waals surface area (Å²) < 4.78 is 11.0. The van der Waals surface area contributed by atoms with Crippen LogP contribution in [0, 0.1) is 0 Å². The first-order valence-corrected chi connectivity index (χ1v) is 6.49. The lowest BCUT2D eigenvalue weighted by Gasteiger charge is -2.29. The molecule has 1 heterocycles. The van der Waals surface area contributed by atoms with Crippen LogP contribution in [0.15, 0.2) is 33.5 Å². The van der Waals surface area contributed by atoms with Gasteiger partial charge in [0, 0.05) is 23.1 Å². The van der Waals surface area contributed by atoms with Crippen LogP contribution in [0.3, 0.4) is 0 Å². The molecule has 20 heavy (non-hydrogen) atoms. The van der Waals surface area contributed by atoms with E-state index in [9.17, 15) is 4.79 Å². The summed E-state index contributed by atoms with van der Waals surface area (Å²) in [4.78, 5) is 11.7. The van der Waals surface area contributed by atoms with Crippen molar-refractivity contribution in [2.45, 2.75) is 6.54 Å². The first kappa shape index (κ1) is 14.6. The highest BCUT2D eigenvalue weighted by Crippen LogP contribution is 2.24. The summed E-state index contributed by atoms with van der Waals surface area (Å²) in [5.74, 6) is 0.655. The summed E-state index contributed by atoms with van der Waals surface area (Å²) in [6.07, 6.45) is 0. The van der Waals surface area contributed by atoms with E-state index >= 15 is 0 Å². The summed E-state index contributed by atoms with van der Waals surface area (Å²) in [6, 6.07) is 6.97. The number of rotatable bonds is 5. The third-order valence-corrected chi connectivity index (χ3v) is 3.34. The number of aliphatic hydroxyl groups is 1. The molecule has 5 nitrogen and oxygen atoms in total. The minimum atomic E-state index is -0.371. The summed E-state index contributed by atoms with van der Waals surface area (Å²) in [7, 11) is 5.60. The molecule has 1 N–H and O–H groups in total. The Labute approximate surface area is 117 Å². The van der Waals surface area contributed by atoms with Gasteiger partial charge in [-0.1, -0.05) is 0 Å². The van der Waals surface area contributed by atoms with Crippen LogP contribution in [0.1, 0.15) is 5.56 Å². The molecule has 0 radical (unpaired) electrons. The molecular weight excluding hydrogens is 258 g/mol. The third-order valence-electron chi connectivity index (χ3n) is 3.34. The molecule has 1 aromatic carbocycles. The molecule has 0 unspecified atom stereocenters. The quantitative estimate of drug-likeness (QED) is 0.663. The molecule has 108 valence electrons. The van der Waals surface area contributed by atoms with E-state index in [4.69, 9.17) is 14.3 Å². The highest BCUT2D eigenvalue weighted by atomic mass is 16.5. The molecule has 2 aromatic rings. The first-order valence-electron chi connectivity index (χ1n) is 6.49. The largest absolute Gasteiger partial charge is 0.497 e. The summed E-state index contributed by atoms with van der Waals surface area (Å²) >= 11 is 0. The van der Waals surface area contributed by atoms with E-state index in [1.165, 1.54) is 6.07 Å². The van der Waals surface area contributed by atoms with E-state index in [1.807, 2.05) is 26.2 Å². The number of methoxy groups -OCH3 is 1. The van der Waals surface area contributed by atoms with E-state index in [0.29, 0.717) is 28.9 Å². The maximum atomic E-state index is 11.7. The van der Waals surface area contributed by atoms with E-state index in [2.05, 4.69) is 0 Å². The lowest BCUT2D eigenvalue weighted by Crippen LogP contribution is -2.41. The van der Waals surface area contributed by atoms with Crippen LogP contribution in [0.4, 0.5) is 0 Å². The van der Waals surface area contributed by atoms with Gasteiger partial charge in [-0.15, -0.1) is 0 Å². The molecule has 2 rings (SSSR count). The van der Waals surface area contributed by atoms with Crippen LogP contribution in [0.5, 0.6) is 5.75 Å². The van der Waals surface area contributed by atoms with Crippen molar-refractivity contribution in [3.8, 4) is 5.75 Å². The third kappa shape index (κ3) is 3.18. The smallest absolute Gasteiger partial charge is 0.336 e. The van der Waals surface area contributed by atoms with Crippen molar-refractivity contribution >= 4 is 11.0 Å². The number of hydrogen-bond donors (Lipinski definition) is 1. The Morgan fingerprint density at radius 2 is 2.05 bits per heavy atom. The van der Waals surface area contributed by atoms with Gasteiger partial charge >= 0.3 is 5.63 Å². The van der Waals surface area contributed by atoms with Crippen molar-refractivity contribution in [2.75, 3.05) is 34.4 Å². The van der Waals surface area contributed by atoms with Crippen molar-refractivity contribution in [1.29, 1.82) is 0 Å². The van der Waals surface area contributed by atoms with Gasteiger partial charge in [0.2, 0.25) is 0 Å². The molecule has 0 aliphatic carbocycles. The summed E-state index contributed by atoms with van der Waals surface area (Å²) in [6.45, 7) is 1.38. The molecule has 0 aliphatic rings. The van der Waals surface area contributed by atoms with Gasteiger partial charge in [-0.25, -0.2) is 4.79 Å². The van der Waals surface area contributed by atoms with Gasteiger partial charge in [0.15, 0.2) is 0 Å². The zero-order valence-electron chi connectivity index (χ0n) is 12.0. The standard InChI is InChI=1S/C15H20NO4/c1-16(2,6-7-17)10-11-8-15(18)20-14-9-12(19-3)4-5-13(11)14/h4-5,8-9,17H,6-7,10H2,1-3H3/q+1. The van der Waals surface area contributed by atoms with E-state index < -0.39 is 0 Å². The average molecular weight is 278 g/mol. The van der Waals surface area contributed by atoms with Crippen molar-refractivity contribution in [2.24, 2.45) is 0 Å². The van der Waals surface area contributed by atoms with Crippen LogP contribution in [0.2, 0.25) is 0 Å². The molecule has 0 atom stereocenters. The van der Waals surface area contributed by atoms with Gasteiger partial charge in [-0.2, -0.15) is 0 Å². The normalized spacial score (nSPS) is 11.8. The summed E-state index contributed by atoms with van der Waals surface area (Å²) in [5.41, 5.74) is 1.07. The molecule has 0 bridgehead atoms. The molecular formula is C15H20NO4+. The fourth-order valence-electron chi connectivity index (χ4n) is 2.28. The van der Waals surface area contributed by atoms with Crippen molar-refractivity contribution in [3.63, 3.8) is 0 Å². The molecule has 0 aliphatic heterocycles. The Morgan fingerprint density at radius 3 is 2.70 bits per heavy atom. The van der Waals surface area contributed by atoms with Gasteiger partial charge in [-0.3, -0.25) is 0 Å². The van der Waals surface area contributed by atoms with Gasteiger partial charge in [-0.05, 0) is 12.1 Å². The topological polar surface area (TPSA) is 59.7 Å². The maximum absolute atomic E-state index is 11.7. The zero-order valence-corrected chi connectivity index (χ0v) is 12.0. The Morgan fingerprint density at radius 1 is 1.30 bits per heavy atom. The average Bonchev–Trinajstić information content (AvgIpc) is 2.37. The number of fused-ring (bicyclic) bond motifs is 1. The minimum absolute atomic E-state index is 0.111. The number of nitrogens with zero attached hydrogens (tertiary/aromatic N) is 1. The van der Waals surface area contributed by atoms with Crippen molar-refractivity contribution in [3.05, 3.63) is 40.2 Å². The van der Waals surface area contributed by atoms with Gasteiger partial charge < -0.3 is 18.7 Å². The van der Waals surface area contributed by atoms with E-state index in [-0.39, 0.29) is 12.2 Å². The molecule has 0 fully saturated rings. The Balaban J connectivity index is 2.50. The van der Waals surface area contributed by atoms with E-state index in [1.54, 1.807) is 13.2 Å². The maximum Gasteiger partial charge on any atom is 0.336 e. The second-order valence-corrected chi connectivity index (χ2v) is 5.49. The van der Waals surface area contributed by atoms with Crippen LogP contribution >= 0.6 is 0 Å². The van der Waals surface area contributed by atoms with E-state index in [0.717, 1.165) is 10.9 Å². The molecule has 5 heteroatoms. The highest BCUT2D eigenvalue weighted by molar-refractivity contribution is 5.81. The lowest BCUT2D eigenvalue weighted by molar-refractivity contribution is -0.903. The second kappa shape index (κ2) is 5.64. The predicted molar refractivity (Wildman–Crippen MR) is 76.8 cm³/mol. The number of quaternary nitrogens is 1. The van der Waals surface area contributed by atoms with Gasteiger partial charge in [0.25, 0.3) is 0 Å². The second-order valence-electron chi connectivity index (χ2n) is 5.49. The predicted octanol–water partition coefficient (Wildman–Crippen LogP) is 1.37. The number of benzene rings is 1. The minimum Gasteiger partial charge on any atom is -0.497 e. The first-order chi connectivity index (χ1) is 9.45. The van der Waals surface area contributed by atoms with Gasteiger partial charge in [0.1, 0.15) is 24.4 Å². The summed E-state index contributed by atoms with van der Waals surface area (Å²) in [5, 5.41) is 10.0. The highest BCUT2D eigenvalue weighted by Gasteiger charge is 2.18. The fourth-order valence-corrected chi connectivity index (χ4v) is 2.28. The fraction of sp³-hybridized carbons (Fsp3) is 0.400. The van der Waals surface area contributed by atoms with Crippen LogP contribution in [-0.4, -0.2) is 43.9 Å². The number of hydrogen-bond acceptors (Lipinski definition) is 4. The SMILES string of the molecule is COc1ccc2c(C[N+](C)(C)CCO)cc(=O)oc2c1. The zero-order chi connectivity index (χ0) is 14.8. The number of likely N-dealkylation sites (N-methyl/N-ethyl adjacent to an activating group) is 1. The number of aliphatic hydroxyl groups excluding tert-OH is 1. The van der Waals surface area contributed by atoms with Gasteiger partial charge in [0.05, 0.1) is 27.8 Å². The molecule has 0 saturated heterocycles. The Hall–Kier alpha value is -1.85. The van der Waals surface area contributed by atoms with Crippen molar-refractivity contribution in [1.82, 2.24) is 0 Å². The van der Waals surface area contributed by atoms with Crippen LogP contribution in [0.25, 0.3) is 11.0 Å². The lowest BCUT2D eigenvalue weighted by atomic mass is 10.1. The molecule has 0 spiro atoms. The van der Waals surface area contributed by atoms with Crippen molar-refractivity contribution < 1.29 is 18.7 Å². The van der Waals surface area contributed by atoms with Crippen LogP contribution in [-0.2, 0) is 6.54 Å². The molecule has 1 aromatic heterocycles. The van der Waals surface area contributed by atoms with Crippen LogP contribution < -0.4 is 10.4 Å². The molecule has 0 saturated carbocycles. The Bertz CT molecular complexity index is 660.